The number of likely N-dealkylation sites (N-methyl/N-ethyl adjacent to an activating group) is 1. The zero-order chi connectivity index (χ0) is 26.5. The van der Waals surface area contributed by atoms with Crippen LogP contribution in [-0.2, 0) is 11.3 Å². The van der Waals surface area contributed by atoms with Crippen LogP contribution in [0.25, 0.3) is 5.57 Å². The molecule has 1 atom stereocenters. The summed E-state index contributed by atoms with van der Waals surface area (Å²) in [6.45, 7) is 3.19. The summed E-state index contributed by atoms with van der Waals surface area (Å²) in [5.41, 5.74) is 5.85. The number of amides is 1. The van der Waals surface area contributed by atoms with Gasteiger partial charge in [0.2, 0.25) is 5.91 Å². The lowest BCUT2D eigenvalue weighted by Crippen LogP contribution is -2.37. The Bertz CT molecular complexity index is 1240. The normalized spacial score (nSPS) is 16.9. The number of alkyl halides is 3. The second-order valence-corrected chi connectivity index (χ2v) is 9.71. The summed E-state index contributed by atoms with van der Waals surface area (Å²) in [5, 5.41) is 9.49. The first-order valence-electron chi connectivity index (χ1n) is 11.4. The number of nitrogens with zero attached hydrogens (tertiary/aromatic N) is 4. The summed E-state index contributed by atoms with van der Waals surface area (Å²) in [6, 6.07) is 10.6. The highest BCUT2D eigenvalue weighted by Crippen LogP contribution is 2.41. The van der Waals surface area contributed by atoms with E-state index < -0.39 is 17.8 Å². The number of benzene rings is 1. The Hall–Kier alpha value is -3.42. The van der Waals surface area contributed by atoms with Gasteiger partial charge in [0.1, 0.15) is 16.6 Å². The molecule has 0 spiro atoms. The van der Waals surface area contributed by atoms with Gasteiger partial charge in [-0.1, -0.05) is 30.3 Å². The number of hydrogen-bond acceptors (Lipinski definition) is 6. The van der Waals surface area contributed by atoms with E-state index in [1.165, 1.54) is 17.4 Å². The van der Waals surface area contributed by atoms with Crippen LogP contribution in [-0.4, -0.2) is 61.8 Å². The third kappa shape index (κ3) is 6.22. The summed E-state index contributed by atoms with van der Waals surface area (Å²) in [5.74, 6) is -0.643. The molecule has 2 heterocycles. The lowest BCUT2D eigenvalue weighted by atomic mass is 9.83. The quantitative estimate of drug-likeness (QED) is 0.434. The predicted octanol–water partition coefficient (Wildman–Crippen LogP) is 4.53. The Kier molecular flexibility index (Phi) is 8.71. The van der Waals surface area contributed by atoms with Crippen molar-refractivity contribution in [2.24, 2.45) is 10.7 Å². The van der Waals surface area contributed by atoms with Crippen molar-refractivity contribution in [3.63, 3.8) is 0 Å². The van der Waals surface area contributed by atoms with Crippen molar-refractivity contribution in [2.75, 3.05) is 33.7 Å². The number of carbonyl (C=O) groups is 1. The number of allylic oxidation sites excluding steroid dienone is 2. The molecule has 0 radical (unpaired) electrons. The lowest BCUT2D eigenvalue weighted by Gasteiger charge is -2.33. The molecule has 1 aliphatic rings. The van der Waals surface area contributed by atoms with Crippen LogP contribution < -0.4 is 5.73 Å². The molecule has 1 aromatic heterocycles. The Morgan fingerprint density at radius 1 is 1.33 bits per heavy atom. The fourth-order valence-corrected chi connectivity index (χ4v) is 5.08. The van der Waals surface area contributed by atoms with Crippen molar-refractivity contribution in [2.45, 2.75) is 25.6 Å². The Morgan fingerprint density at radius 2 is 2.06 bits per heavy atom. The second kappa shape index (κ2) is 11.5. The van der Waals surface area contributed by atoms with E-state index in [0.29, 0.717) is 35.6 Å². The molecular weight excluding hydrogens is 487 g/mol. The van der Waals surface area contributed by atoms with Crippen LogP contribution in [0.2, 0.25) is 0 Å². The predicted molar refractivity (Wildman–Crippen MR) is 137 cm³/mol. The average molecular weight is 516 g/mol. The number of rotatable bonds is 7. The number of hydrogen-bond donors (Lipinski definition) is 1. The monoisotopic (exact) mass is 515 g/mol. The summed E-state index contributed by atoms with van der Waals surface area (Å²) < 4.78 is 41.0. The van der Waals surface area contributed by atoms with E-state index in [2.05, 4.69) is 11.1 Å². The second-order valence-electron chi connectivity index (χ2n) is 8.58. The molecule has 36 heavy (non-hydrogen) atoms. The van der Waals surface area contributed by atoms with Crippen LogP contribution >= 0.6 is 11.3 Å². The van der Waals surface area contributed by atoms with Crippen molar-refractivity contribution in [1.82, 2.24) is 9.80 Å². The summed E-state index contributed by atoms with van der Waals surface area (Å²) in [4.78, 5) is 21.9. The van der Waals surface area contributed by atoms with E-state index in [1.807, 2.05) is 19.0 Å². The van der Waals surface area contributed by atoms with Gasteiger partial charge in [-0.25, -0.2) is 0 Å². The third-order valence-electron chi connectivity index (χ3n) is 5.73. The standard InChI is InChI=1S/C26H28F3N5OS/c1-4-32-14-21(25(31)26(27,28)29)18-8-5-6-9-19(18)22-15-34(24(35)10-7-11-33(2)3)16-23-20(22)12-17(13-30)36-23/h5-10,12,14,22H,4,11,15-16,31H2,1-3H3/b10-7+,25-21+,32-14?/t22-/m0/s1. The minimum atomic E-state index is -4.74. The van der Waals surface area contributed by atoms with E-state index in [9.17, 15) is 23.2 Å². The third-order valence-corrected chi connectivity index (χ3v) is 6.77. The molecule has 0 fully saturated rings. The Labute approximate surface area is 212 Å². The molecule has 3 rings (SSSR count). The van der Waals surface area contributed by atoms with Crippen molar-refractivity contribution < 1.29 is 18.0 Å². The van der Waals surface area contributed by atoms with Crippen LogP contribution in [0.5, 0.6) is 0 Å². The molecule has 1 aromatic carbocycles. The molecule has 6 nitrogen and oxygen atoms in total. The molecule has 0 unspecified atom stereocenters. The first-order chi connectivity index (χ1) is 17.1. The lowest BCUT2D eigenvalue weighted by molar-refractivity contribution is -0.127. The van der Waals surface area contributed by atoms with Gasteiger partial charge in [-0.3, -0.25) is 9.79 Å². The van der Waals surface area contributed by atoms with Gasteiger partial charge in [-0.15, -0.1) is 11.3 Å². The van der Waals surface area contributed by atoms with Gasteiger partial charge >= 0.3 is 6.18 Å². The van der Waals surface area contributed by atoms with Crippen LogP contribution in [0.3, 0.4) is 0 Å². The molecule has 10 heteroatoms. The van der Waals surface area contributed by atoms with E-state index in [4.69, 9.17) is 5.73 Å². The largest absolute Gasteiger partial charge is 0.431 e. The molecule has 0 bridgehead atoms. The van der Waals surface area contributed by atoms with E-state index in [1.54, 1.807) is 48.2 Å². The van der Waals surface area contributed by atoms with Crippen molar-refractivity contribution in [3.05, 3.63) is 74.6 Å². The SMILES string of the molecule is CCN=C/C(=C(\N)C(F)(F)F)c1ccccc1[C@@H]1CN(C(=O)/C=C/CN(C)C)Cc2sc(C#N)cc21. The fraction of sp³-hybridized carbons (Fsp3) is 0.346. The molecule has 2 N–H and O–H groups in total. The topological polar surface area (TPSA) is 85.7 Å². The van der Waals surface area contributed by atoms with Crippen LogP contribution in [0.1, 0.15) is 39.3 Å². The fourth-order valence-electron chi connectivity index (χ4n) is 4.04. The number of fused-ring (bicyclic) bond motifs is 1. The minimum absolute atomic E-state index is 0.199. The van der Waals surface area contributed by atoms with Gasteiger partial charge in [-0.05, 0) is 43.8 Å². The van der Waals surface area contributed by atoms with Gasteiger partial charge < -0.3 is 15.5 Å². The highest BCUT2D eigenvalue weighted by molar-refractivity contribution is 7.12. The van der Waals surface area contributed by atoms with Gasteiger partial charge in [0, 0.05) is 48.3 Å². The number of nitriles is 1. The number of halogens is 3. The van der Waals surface area contributed by atoms with Crippen LogP contribution in [0.15, 0.2) is 53.2 Å². The first-order valence-corrected chi connectivity index (χ1v) is 12.2. The highest BCUT2D eigenvalue weighted by Gasteiger charge is 2.36. The number of thiophene rings is 1. The first kappa shape index (κ1) is 27.2. The molecule has 0 saturated carbocycles. The van der Waals surface area contributed by atoms with Gasteiger partial charge in [0.25, 0.3) is 0 Å². The highest BCUT2D eigenvalue weighted by atomic mass is 32.1. The van der Waals surface area contributed by atoms with Crippen LogP contribution in [0.4, 0.5) is 13.2 Å². The molecular formula is C26H28F3N5OS. The van der Waals surface area contributed by atoms with E-state index >= 15 is 0 Å². The number of aliphatic imine (C=N–C) groups is 1. The molecule has 0 saturated heterocycles. The average Bonchev–Trinajstić information content (AvgIpc) is 3.26. The summed E-state index contributed by atoms with van der Waals surface area (Å²) >= 11 is 1.29. The Balaban J connectivity index is 2.14. The molecule has 1 amide bonds. The molecule has 190 valence electrons. The van der Waals surface area contributed by atoms with Gasteiger partial charge in [-0.2, -0.15) is 18.4 Å². The zero-order valence-electron chi connectivity index (χ0n) is 20.3. The zero-order valence-corrected chi connectivity index (χ0v) is 21.2. The Morgan fingerprint density at radius 3 is 2.69 bits per heavy atom. The van der Waals surface area contributed by atoms with E-state index in [-0.39, 0.29) is 18.0 Å². The minimum Gasteiger partial charge on any atom is -0.394 e. The van der Waals surface area contributed by atoms with Crippen LogP contribution in [0, 0.1) is 11.3 Å². The van der Waals surface area contributed by atoms with Gasteiger partial charge in [0.05, 0.1) is 6.54 Å². The maximum Gasteiger partial charge on any atom is 0.431 e. The smallest absolute Gasteiger partial charge is 0.394 e. The summed E-state index contributed by atoms with van der Waals surface area (Å²) in [6.07, 6.45) is -0.308. The van der Waals surface area contributed by atoms with Crippen molar-refractivity contribution >= 4 is 29.0 Å². The van der Waals surface area contributed by atoms with Gasteiger partial charge in [0.15, 0.2) is 0 Å². The molecule has 2 aromatic rings. The maximum absolute atomic E-state index is 13.7. The van der Waals surface area contributed by atoms with E-state index in [0.717, 1.165) is 16.7 Å². The number of carbonyl (C=O) groups excluding carboxylic acids is 1. The molecule has 1 aliphatic heterocycles. The van der Waals surface area contributed by atoms with Crippen molar-refractivity contribution in [1.29, 1.82) is 5.26 Å². The maximum atomic E-state index is 13.7. The summed E-state index contributed by atoms with van der Waals surface area (Å²) in [7, 11) is 3.78. The molecule has 0 aliphatic carbocycles. The number of nitrogens with two attached hydrogens (primary N) is 1. The van der Waals surface area contributed by atoms with Crippen molar-refractivity contribution in [3.8, 4) is 6.07 Å².